The molecular weight excluding hydrogens is 1060 g/mol. The lowest BCUT2D eigenvalue weighted by Gasteiger charge is -2.33. The van der Waals surface area contributed by atoms with E-state index < -0.39 is 29.9 Å². The number of carboxylic acids is 3. The maximum Gasteiger partial charge on any atom is 0.317 e. The fraction of sp³-hybridized carbons (Fsp3) is 0.556. The summed E-state index contributed by atoms with van der Waals surface area (Å²) in [5.74, 6) is -3.89. The van der Waals surface area contributed by atoms with Crippen LogP contribution in [0.15, 0.2) is 54.7 Å². The average Bonchev–Trinajstić information content (AvgIpc) is 3.93. The van der Waals surface area contributed by atoms with Crippen LogP contribution in [0.1, 0.15) is 61.4 Å². The van der Waals surface area contributed by atoms with E-state index in [1.807, 2.05) is 31.2 Å². The van der Waals surface area contributed by atoms with E-state index >= 15 is 0 Å². The Balaban J connectivity index is 0.841. The minimum absolute atomic E-state index is 0.0225. The molecule has 3 aromatic rings. The molecule has 2 aromatic carbocycles. The van der Waals surface area contributed by atoms with E-state index in [1.54, 1.807) is 39.0 Å². The molecule has 0 saturated carbocycles. The smallest absolute Gasteiger partial charge is 0.317 e. The highest BCUT2D eigenvalue weighted by atomic mass is 32.1. The van der Waals surface area contributed by atoms with Crippen molar-refractivity contribution >= 4 is 75.5 Å². The second kappa shape index (κ2) is 34.8. The Hall–Kier alpha value is -7.12. The lowest BCUT2D eigenvalue weighted by Crippen LogP contribution is -2.49. The summed E-state index contributed by atoms with van der Waals surface area (Å²) in [7, 11) is 0. The normalized spacial score (nSPS) is 16.5. The van der Waals surface area contributed by atoms with Crippen molar-refractivity contribution in [2.24, 2.45) is 0 Å². The summed E-state index contributed by atoms with van der Waals surface area (Å²) in [6.07, 6.45) is 5.97. The number of hydrogen-bond acceptors (Lipinski definition) is 17. The van der Waals surface area contributed by atoms with Crippen LogP contribution in [0.4, 0.5) is 5.69 Å². The quantitative estimate of drug-likeness (QED) is 0.0313. The van der Waals surface area contributed by atoms with Gasteiger partial charge < -0.3 is 65.8 Å². The number of carboxylic acid groups (broad SMARTS) is 3. The molecule has 5 rings (SSSR count). The molecule has 25 nitrogen and oxygen atoms in total. The highest BCUT2D eigenvalue weighted by Crippen LogP contribution is 2.23. The first-order valence-electron chi connectivity index (χ1n) is 26.8. The van der Waals surface area contributed by atoms with Crippen molar-refractivity contribution in [2.75, 3.05) is 130 Å². The van der Waals surface area contributed by atoms with E-state index in [4.69, 9.17) is 31.2 Å². The van der Waals surface area contributed by atoms with E-state index in [0.29, 0.717) is 112 Å². The Labute approximate surface area is 470 Å². The lowest BCUT2D eigenvalue weighted by molar-refractivity contribution is -0.140. The largest absolute Gasteiger partial charge is 0.484 e. The molecule has 2 fully saturated rings. The number of likely N-dealkylation sites (tertiary alicyclic amines) is 1. The third kappa shape index (κ3) is 23.7. The molecule has 3 heterocycles. The third-order valence-corrected chi connectivity index (χ3v) is 13.4. The molecule has 0 spiro atoms. The number of amides is 4. The van der Waals surface area contributed by atoms with Gasteiger partial charge in [-0.25, -0.2) is 0 Å². The number of rotatable bonds is 33. The molecule has 8 N–H and O–H groups in total. The van der Waals surface area contributed by atoms with Crippen LogP contribution < -0.4 is 31.3 Å². The molecule has 26 heteroatoms. The number of fused-ring (bicyclic) bond motifs is 1. The topological polar surface area (TPSA) is 327 Å². The van der Waals surface area contributed by atoms with Crippen LogP contribution in [-0.4, -0.2) is 229 Å². The number of nitrogens with zero attached hydrogens (tertiary/aromatic N) is 6. The van der Waals surface area contributed by atoms with Crippen LogP contribution in [-0.2, 0) is 49.4 Å². The second-order valence-electron chi connectivity index (χ2n) is 19.4. The van der Waals surface area contributed by atoms with E-state index in [2.05, 4.69) is 37.6 Å². The van der Waals surface area contributed by atoms with Crippen LogP contribution >= 0.6 is 12.2 Å². The number of aliphatic carboxylic acids is 3. The van der Waals surface area contributed by atoms with Crippen molar-refractivity contribution in [1.29, 1.82) is 5.26 Å². The van der Waals surface area contributed by atoms with Crippen molar-refractivity contribution in [3.8, 4) is 11.8 Å². The van der Waals surface area contributed by atoms with Crippen molar-refractivity contribution < 1.29 is 67.8 Å². The number of nitriles is 1. The van der Waals surface area contributed by atoms with Crippen molar-refractivity contribution in [1.82, 2.24) is 45.9 Å². The fourth-order valence-electron chi connectivity index (χ4n) is 9.12. The molecule has 0 radical (unpaired) electrons. The van der Waals surface area contributed by atoms with Crippen LogP contribution in [0, 0.1) is 11.3 Å². The summed E-state index contributed by atoms with van der Waals surface area (Å²) >= 11 is 5.50. The molecule has 2 saturated heterocycles. The number of aromatic nitrogens is 1. The summed E-state index contributed by atoms with van der Waals surface area (Å²) in [5.41, 5.74) is 2.46. The molecule has 2 aliphatic rings. The first-order chi connectivity index (χ1) is 38.6. The number of anilines is 1. The standard InChI is InChI=1S/C54H75N11O14S/c1-38(5-2-3-15-58-54(80)61-40-9-7-39(8-10-40)29-42-33-63(35-51(71)72)20-19-62(34-50(69)70)21-22-64(42)36-52(73)74)60-47(66)14-23-76-25-27-78-28-26-77-24-17-57-48(67)37-79-43-11-12-44-45(13-16-56-46(44)30-43)53(75)59-32-49(68)65-18-4-6-41(65)31-55/h7-13,16,30,38,41-42H,2-6,14-15,17-29,32-37H2,1H3,(H,57,67)(H,59,75)(H,60,66)(H,69,70)(H,71,72)(H,73,74)(H2,58,61,80). The van der Waals surface area contributed by atoms with Crippen molar-refractivity contribution in [3.63, 3.8) is 0 Å². The molecular formula is C54H75N11O14S. The summed E-state index contributed by atoms with van der Waals surface area (Å²) in [6.45, 7) is 5.52. The first kappa shape index (κ1) is 63.7. The average molecular weight is 1130 g/mol. The zero-order chi connectivity index (χ0) is 57.7. The van der Waals surface area contributed by atoms with Gasteiger partial charge in [-0.1, -0.05) is 12.1 Å². The molecule has 1 aromatic heterocycles. The van der Waals surface area contributed by atoms with Gasteiger partial charge in [-0.05, 0) is 93.6 Å². The van der Waals surface area contributed by atoms with Gasteiger partial charge in [-0.2, -0.15) is 5.26 Å². The Morgan fingerprint density at radius 2 is 1.46 bits per heavy atom. The predicted octanol–water partition coefficient (Wildman–Crippen LogP) is 1.16. The number of unbranched alkanes of at least 4 members (excludes halogenated alkanes) is 1. The number of carbonyl (C=O) groups excluding carboxylic acids is 4. The van der Waals surface area contributed by atoms with Crippen LogP contribution in [0.25, 0.3) is 10.9 Å². The van der Waals surface area contributed by atoms with Gasteiger partial charge in [0.2, 0.25) is 11.8 Å². The predicted molar refractivity (Wildman–Crippen MR) is 297 cm³/mol. The van der Waals surface area contributed by atoms with Crippen LogP contribution in [0.3, 0.4) is 0 Å². The Morgan fingerprint density at radius 1 is 0.775 bits per heavy atom. The summed E-state index contributed by atoms with van der Waals surface area (Å²) in [6, 6.07) is 15.3. The first-order valence-corrected chi connectivity index (χ1v) is 27.2. The van der Waals surface area contributed by atoms with Gasteiger partial charge in [0.05, 0.1) is 83.0 Å². The summed E-state index contributed by atoms with van der Waals surface area (Å²) in [4.78, 5) is 96.3. The highest BCUT2D eigenvalue weighted by molar-refractivity contribution is 7.80. The molecule has 2 aliphatic heterocycles. The summed E-state index contributed by atoms with van der Waals surface area (Å²) < 4.78 is 22.2. The fourth-order valence-corrected chi connectivity index (χ4v) is 9.34. The molecule has 80 heavy (non-hydrogen) atoms. The minimum Gasteiger partial charge on any atom is -0.484 e. The molecule has 4 amide bonds. The van der Waals surface area contributed by atoms with E-state index in [0.717, 1.165) is 36.9 Å². The number of benzene rings is 2. The molecule has 3 unspecified atom stereocenters. The van der Waals surface area contributed by atoms with E-state index in [-0.39, 0.29) is 88.8 Å². The lowest BCUT2D eigenvalue weighted by atomic mass is 10.0. The third-order valence-electron chi connectivity index (χ3n) is 13.2. The van der Waals surface area contributed by atoms with E-state index in [1.165, 1.54) is 11.1 Å². The molecule has 436 valence electrons. The maximum absolute atomic E-state index is 12.9. The zero-order valence-electron chi connectivity index (χ0n) is 45.2. The van der Waals surface area contributed by atoms with Crippen molar-refractivity contribution in [3.05, 3.63) is 65.9 Å². The van der Waals surface area contributed by atoms with Gasteiger partial charge in [-0.15, -0.1) is 0 Å². The zero-order valence-corrected chi connectivity index (χ0v) is 46.1. The van der Waals surface area contributed by atoms with Gasteiger partial charge >= 0.3 is 17.9 Å². The van der Waals surface area contributed by atoms with Gasteiger partial charge in [0, 0.05) is 94.2 Å². The van der Waals surface area contributed by atoms with Gasteiger partial charge in [0.15, 0.2) is 11.7 Å². The Morgan fingerprint density at radius 3 is 2.19 bits per heavy atom. The number of carbonyl (C=O) groups is 7. The molecule has 3 atom stereocenters. The number of hydrogen-bond donors (Lipinski definition) is 8. The van der Waals surface area contributed by atoms with Gasteiger partial charge in [0.1, 0.15) is 11.8 Å². The van der Waals surface area contributed by atoms with Crippen LogP contribution in [0.5, 0.6) is 5.75 Å². The number of thiocarbonyl (C=S) groups is 1. The Bertz CT molecular complexity index is 2570. The Kier molecular flexibility index (Phi) is 27.7. The maximum atomic E-state index is 12.9. The number of nitrogens with one attached hydrogen (secondary N) is 5. The minimum atomic E-state index is -1.03. The van der Waals surface area contributed by atoms with Crippen molar-refractivity contribution in [2.45, 2.75) is 70.0 Å². The second-order valence-corrected chi connectivity index (χ2v) is 19.8. The summed E-state index contributed by atoms with van der Waals surface area (Å²) in [5, 5.41) is 53.6. The highest BCUT2D eigenvalue weighted by Gasteiger charge is 2.30. The van der Waals surface area contributed by atoms with Gasteiger partial charge in [0.25, 0.3) is 11.8 Å². The monoisotopic (exact) mass is 1130 g/mol. The van der Waals surface area contributed by atoms with Crippen LogP contribution in [0.2, 0.25) is 0 Å². The van der Waals surface area contributed by atoms with Gasteiger partial charge in [-0.3, -0.25) is 53.2 Å². The number of pyridine rings is 1. The van der Waals surface area contributed by atoms with E-state index in [9.17, 15) is 54.1 Å². The molecule has 0 aliphatic carbocycles. The SMILES string of the molecule is CC(CCCCNC(=S)Nc1ccc(CC2CN(CC(=O)O)CCN(CC(=O)O)CCN2CC(=O)O)cc1)NC(=O)CCOCCOCCOCCNC(=O)COc1ccc2c(C(=O)NCC(=O)N3CCCC3C#N)ccnc2c1. The molecule has 0 bridgehead atoms. The number of ether oxygens (including phenoxy) is 4.